The fourth-order valence-corrected chi connectivity index (χ4v) is 2.23. The zero-order valence-electron chi connectivity index (χ0n) is 11.3. The Morgan fingerprint density at radius 2 is 1.75 bits per heavy atom. The number of aromatic nitrogens is 1. The topological polar surface area (TPSA) is 48.1 Å². The molecule has 0 radical (unpaired) electrons. The first kappa shape index (κ1) is 12.6. The highest BCUT2D eigenvalue weighted by Gasteiger charge is 2.09. The van der Waals surface area contributed by atoms with Crippen LogP contribution in [0.5, 0.6) is 11.5 Å². The van der Waals surface area contributed by atoms with Crippen molar-refractivity contribution in [2.24, 2.45) is 5.73 Å². The predicted molar refractivity (Wildman–Crippen MR) is 80.9 cm³/mol. The first-order valence-corrected chi connectivity index (χ1v) is 6.62. The molecule has 3 heteroatoms. The number of rotatable bonds is 3. The number of pyridine rings is 1. The van der Waals surface area contributed by atoms with Crippen molar-refractivity contribution in [3.63, 3.8) is 0 Å². The molecule has 0 aliphatic heterocycles. The fraction of sp³-hybridized carbons (Fsp3) is 0.118. The van der Waals surface area contributed by atoms with Crippen molar-refractivity contribution >= 4 is 10.9 Å². The van der Waals surface area contributed by atoms with Gasteiger partial charge in [-0.25, -0.2) is 0 Å². The molecular weight excluding hydrogens is 248 g/mol. The Morgan fingerprint density at radius 1 is 0.950 bits per heavy atom. The number of hydrogen-bond acceptors (Lipinski definition) is 3. The number of para-hydroxylation sites is 1. The molecule has 20 heavy (non-hydrogen) atoms. The third-order valence-corrected chi connectivity index (χ3v) is 3.24. The highest BCUT2D eigenvalue weighted by atomic mass is 16.5. The van der Waals surface area contributed by atoms with Gasteiger partial charge in [0.15, 0.2) is 0 Å². The van der Waals surface area contributed by atoms with E-state index in [0.717, 1.165) is 28.0 Å². The molecular formula is C17H16N2O. The highest BCUT2D eigenvalue weighted by molar-refractivity contribution is 5.85. The van der Waals surface area contributed by atoms with Crippen molar-refractivity contribution in [2.45, 2.75) is 13.0 Å². The molecule has 3 rings (SSSR count). The van der Waals surface area contributed by atoms with Crippen LogP contribution in [0.1, 0.15) is 18.5 Å². The van der Waals surface area contributed by atoms with E-state index in [1.807, 2.05) is 61.5 Å². The average Bonchev–Trinajstić information content (AvgIpc) is 2.48. The summed E-state index contributed by atoms with van der Waals surface area (Å²) in [6, 6.07) is 17.6. The maximum absolute atomic E-state index is 6.06. The number of ether oxygens (including phenoxy) is 1. The Kier molecular flexibility index (Phi) is 3.35. The smallest absolute Gasteiger partial charge is 0.136 e. The van der Waals surface area contributed by atoms with Crippen LogP contribution in [-0.4, -0.2) is 4.98 Å². The second kappa shape index (κ2) is 5.31. The molecule has 1 heterocycles. The molecule has 0 saturated heterocycles. The molecule has 100 valence electrons. The van der Waals surface area contributed by atoms with Crippen molar-refractivity contribution in [2.75, 3.05) is 0 Å². The minimum atomic E-state index is -0.0701. The Bertz CT molecular complexity index is 732. The molecule has 2 N–H and O–H groups in total. The van der Waals surface area contributed by atoms with Crippen LogP contribution in [0.3, 0.4) is 0 Å². The van der Waals surface area contributed by atoms with Crippen LogP contribution in [0.25, 0.3) is 10.9 Å². The van der Waals surface area contributed by atoms with E-state index in [4.69, 9.17) is 10.5 Å². The summed E-state index contributed by atoms with van der Waals surface area (Å²) in [7, 11) is 0. The number of fused-ring (bicyclic) bond motifs is 1. The van der Waals surface area contributed by atoms with E-state index in [1.165, 1.54) is 0 Å². The maximum atomic E-state index is 6.06. The van der Waals surface area contributed by atoms with Gasteiger partial charge in [0.05, 0.1) is 5.52 Å². The molecule has 3 aromatic rings. The molecule has 0 fully saturated rings. The van der Waals surface area contributed by atoms with Gasteiger partial charge >= 0.3 is 0 Å². The van der Waals surface area contributed by atoms with Gasteiger partial charge in [0, 0.05) is 23.2 Å². The predicted octanol–water partition coefficient (Wildman–Crippen LogP) is 4.05. The minimum absolute atomic E-state index is 0.0701. The van der Waals surface area contributed by atoms with E-state index >= 15 is 0 Å². The van der Waals surface area contributed by atoms with Crippen LogP contribution >= 0.6 is 0 Å². The van der Waals surface area contributed by atoms with Gasteiger partial charge in [-0.3, -0.25) is 4.98 Å². The molecule has 0 spiro atoms. The van der Waals surface area contributed by atoms with Gasteiger partial charge in [0.25, 0.3) is 0 Å². The zero-order valence-corrected chi connectivity index (χ0v) is 11.3. The quantitative estimate of drug-likeness (QED) is 0.776. The largest absolute Gasteiger partial charge is 0.456 e. The van der Waals surface area contributed by atoms with Gasteiger partial charge < -0.3 is 10.5 Å². The lowest BCUT2D eigenvalue weighted by Crippen LogP contribution is -2.06. The van der Waals surface area contributed by atoms with E-state index in [-0.39, 0.29) is 6.04 Å². The summed E-state index contributed by atoms with van der Waals surface area (Å²) in [5, 5.41) is 0.995. The summed E-state index contributed by atoms with van der Waals surface area (Å²) in [6.45, 7) is 1.95. The summed E-state index contributed by atoms with van der Waals surface area (Å²) in [4.78, 5) is 4.34. The third kappa shape index (κ3) is 2.36. The SMILES string of the molecule is C[C@@H](N)c1ccccc1Oc1cccc2ncccc12. The van der Waals surface area contributed by atoms with Crippen LogP contribution in [0, 0.1) is 0 Å². The van der Waals surface area contributed by atoms with Gasteiger partial charge in [-0.1, -0.05) is 24.3 Å². The lowest BCUT2D eigenvalue weighted by atomic mass is 10.1. The fourth-order valence-electron chi connectivity index (χ4n) is 2.23. The van der Waals surface area contributed by atoms with Crippen molar-refractivity contribution in [3.8, 4) is 11.5 Å². The first-order valence-electron chi connectivity index (χ1n) is 6.62. The lowest BCUT2D eigenvalue weighted by molar-refractivity contribution is 0.477. The molecule has 0 bridgehead atoms. The van der Waals surface area contributed by atoms with E-state index in [0.29, 0.717) is 0 Å². The molecule has 3 nitrogen and oxygen atoms in total. The van der Waals surface area contributed by atoms with Crippen molar-refractivity contribution in [1.82, 2.24) is 4.98 Å². The van der Waals surface area contributed by atoms with E-state index < -0.39 is 0 Å². The number of nitrogens with two attached hydrogens (primary N) is 1. The second-order valence-electron chi connectivity index (χ2n) is 4.75. The lowest BCUT2D eigenvalue weighted by Gasteiger charge is -2.14. The van der Waals surface area contributed by atoms with Crippen molar-refractivity contribution in [1.29, 1.82) is 0 Å². The Labute approximate surface area is 118 Å². The minimum Gasteiger partial charge on any atom is -0.456 e. The van der Waals surface area contributed by atoms with Crippen LogP contribution in [-0.2, 0) is 0 Å². The van der Waals surface area contributed by atoms with Crippen LogP contribution in [0.4, 0.5) is 0 Å². The summed E-state index contributed by atoms with van der Waals surface area (Å²) >= 11 is 0. The molecule has 0 unspecified atom stereocenters. The Hall–Kier alpha value is -2.39. The zero-order chi connectivity index (χ0) is 13.9. The van der Waals surface area contributed by atoms with Gasteiger partial charge in [0.2, 0.25) is 0 Å². The molecule has 1 aromatic heterocycles. The van der Waals surface area contributed by atoms with Gasteiger partial charge in [-0.05, 0) is 37.3 Å². The average molecular weight is 264 g/mol. The van der Waals surface area contributed by atoms with Gasteiger partial charge in [0.1, 0.15) is 11.5 Å². The molecule has 0 saturated carbocycles. The Morgan fingerprint density at radius 3 is 2.60 bits per heavy atom. The summed E-state index contributed by atoms with van der Waals surface area (Å²) in [6.07, 6.45) is 1.78. The van der Waals surface area contributed by atoms with Crippen LogP contribution in [0.15, 0.2) is 60.8 Å². The number of nitrogens with zero attached hydrogens (tertiary/aromatic N) is 1. The van der Waals surface area contributed by atoms with Gasteiger partial charge in [-0.2, -0.15) is 0 Å². The molecule has 1 atom stereocenters. The van der Waals surface area contributed by atoms with Gasteiger partial charge in [-0.15, -0.1) is 0 Å². The molecule has 0 aliphatic rings. The monoisotopic (exact) mass is 264 g/mol. The molecule has 0 aliphatic carbocycles. The number of hydrogen-bond donors (Lipinski definition) is 1. The van der Waals surface area contributed by atoms with E-state index in [2.05, 4.69) is 4.98 Å². The van der Waals surface area contributed by atoms with E-state index in [1.54, 1.807) is 6.20 Å². The summed E-state index contributed by atoms with van der Waals surface area (Å²) < 4.78 is 6.06. The third-order valence-electron chi connectivity index (χ3n) is 3.24. The molecule has 2 aromatic carbocycles. The van der Waals surface area contributed by atoms with Crippen LogP contribution in [0.2, 0.25) is 0 Å². The normalized spacial score (nSPS) is 12.3. The van der Waals surface area contributed by atoms with E-state index in [9.17, 15) is 0 Å². The Balaban J connectivity index is 2.06. The highest BCUT2D eigenvalue weighted by Crippen LogP contribution is 2.32. The maximum Gasteiger partial charge on any atom is 0.136 e. The standard InChI is InChI=1S/C17H16N2O/c1-12(18)13-6-2-3-9-16(13)20-17-10-4-8-15-14(17)7-5-11-19-15/h2-12H,18H2,1H3/t12-/m1/s1. The van der Waals surface area contributed by atoms with Crippen LogP contribution < -0.4 is 10.5 Å². The van der Waals surface area contributed by atoms with Crippen molar-refractivity contribution in [3.05, 3.63) is 66.4 Å². The summed E-state index contributed by atoms with van der Waals surface area (Å²) in [5.41, 5.74) is 7.90. The second-order valence-corrected chi connectivity index (χ2v) is 4.75. The number of benzene rings is 2. The first-order chi connectivity index (χ1) is 9.75. The summed E-state index contributed by atoms with van der Waals surface area (Å²) in [5.74, 6) is 1.59. The van der Waals surface area contributed by atoms with Crippen molar-refractivity contribution < 1.29 is 4.74 Å². The molecule has 0 amide bonds.